The minimum atomic E-state index is -3.37. The fourth-order valence-corrected chi connectivity index (χ4v) is 3.03. The van der Waals surface area contributed by atoms with Crippen LogP contribution < -0.4 is 10.5 Å². The Balaban J connectivity index is 2.04. The molecule has 3 unspecified atom stereocenters. The summed E-state index contributed by atoms with van der Waals surface area (Å²) in [5, 5.41) is 0. The fourth-order valence-electron chi connectivity index (χ4n) is 1.93. The Labute approximate surface area is 109 Å². The van der Waals surface area contributed by atoms with Gasteiger partial charge in [-0.05, 0) is 42.9 Å². The topological polar surface area (TPSA) is 72.2 Å². The predicted octanol–water partition coefficient (Wildman–Crippen LogP) is 1.64. The Morgan fingerprint density at radius 3 is 2.39 bits per heavy atom. The molecule has 0 aromatic heterocycles. The van der Waals surface area contributed by atoms with Gasteiger partial charge in [0.1, 0.15) is 0 Å². The van der Waals surface area contributed by atoms with Crippen LogP contribution in [-0.2, 0) is 10.0 Å². The van der Waals surface area contributed by atoms with E-state index in [9.17, 15) is 8.42 Å². The average Bonchev–Trinajstić information content (AvgIpc) is 3.03. The maximum atomic E-state index is 12.0. The zero-order chi connectivity index (χ0) is 13.3. The first kappa shape index (κ1) is 13.5. The number of rotatable bonds is 5. The van der Waals surface area contributed by atoms with E-state index in [2.05, 4.69) is 11.6 Å². The molecule has 0 spiro atoms. The molecule has 1 aliphatic rings. The van der Waals surface area contributed by atoms with E-state index in [1.165, 1.54) is 0 Å². The van der Waals surface area contributed by atoms with Crippen LogP contribution >= 0.6 is 0 Å². The molecule has 1 fully saturated rings. The highest BCUT2D eigenvalue weighted by molar-refractivity contribution is 7.89. The normalized spacial score (nSPS) is 24.8. The third kappa shape index (κ3) is 3.10. The molecule has 0 amide bonds. The van der Waals surface area contributed by atoms with E-state index >= 15 is 0 Å². The molecule has 5 heteroatoms. The van der Waals surface area contributed by atoms with Gasteiger partial charge in [0.2, 0.25) is 10.0 Å². The summed E-state index contributed by atoms with van der Waals surface area (Å²) < 4.78 is 26.7. The van der Waals surface area contributed by atoms with Crippen molar-refractivity contribution in [1.82, 2.24) is 4.72 Å². The Morgan fingerprint density at radius 2 is 1.94 bits per heavy atom. The van der Waals surface area contributed by atoms with Crippen LogP contribution in [-0.4, -0.2) is 15.0 Å². The molecule has 0 bridgehead atoms. The van der Waals surface area contributed by atoms with Crippen LogP contribution in [0.4, 0.5) is 0 Å². The van der Waals surface area contributed by atoms with Crippen LogP contribution in [0, 0.1) is 11.8 Å². The molecule has 3 N–H and O–H groups in total. The molecule has 100 valence electrons. The summed E-state index contributed by atoms with van der Waals surface area (Å²) in [5.74, 6) is 1.15. The molecule has 1 saturated carbocycles. The SMILES string of the molecule is CC(N)c1ccc(S(=O)(=O)NCC2CC2C)cc1. The molecule has 1 aliphatic carbocycles. The van der Waals surface area contributed by atoms with E-state index in [1.807, 2.05) is 6.92 Å². The van der Waals surface area contributed by atoms with Gasteiger partial charge >= 0.3 is 0 Å². The Hall–Kier alpha value is -0.910. The molecule has 0 aliphatic heterocycles. The summed E-state index contributed by atoms with van der Waals surface area (Å²) >= 11 is 0. The van der Waals surface area contributed by atoms with Crippen molar-refractivity contribution in [2.45, 2.75) is 31.2 Å². The standard InChI is InChI=1S/C13H20N2O2S/c1-9-7-12(9)8-15-18(16,17)13-5-3-11(4-6-13)10(2)14/h3-6,9-10,12,15H,7-8,14H2,1-2H3. The van der Waals surface area contributed by atoms with Gasteiger partial charge < -0.3 is 5.73 Å². The molecular weight excluding hydrogens is 248 g/mol. The van der Waals surface area contributed by atoms with Gasteiger partial charge in [-0.2, -0.15) is 0 Å². The predicted molar refractivity (Wildman–Crippen MR) is 71.5 cm³/mol. The Morgan fingerprint density at radius 1 is 1.39 bits per heavy atom. The maximum absolute atomic E-state index is 12.0. The van der Waals surface area contributed by atoms with Crippen LogP contribution in [0.1, 0.15) is 31.9 Å². The van der Waals surface area contributed by atoms with E-state index in [0.29, 0.717) is 23.3 Å². The fraction of sp³-hybridized carbons (Fsp3) is 0.538. The van der Waals surface area contributed by atoms with Crippen LogP contribution in [0.15, 0.2) is 29.2 Å². The molecule has 1 aromatic rings. The molecule has 0 heterocycles. The molecule has 1 aromatic carbocycles. The first-order chi connectivity index (χ1) is 8.40. The maximum Gasteiger partial charge on any atom is 0.240 e. The van der Waals surface area contributed by atoms with Crippen LogP contribution in [0.25, 0.3) is 0 Å². The second-order valence-electron chi connectivity index (χ2n) is 5.18. The molecule has 0 saturated heterocycles. The first-order valence-corrected chi connectivity index (χ1v) is 7.73. The zero-order valence-corrected chi connectivity index (χ0v) is 11.6. The van der Waals surface area contributed by atoms with Crippen molar-refractivity contribution < 1.29 is 8.42 Å². The first-order valence-electron chi connectivity index (χ1n) is 6.25. The average molecular weight is 268 g/mol. The second-order valence-corrected chi connectivity index (χ2v) is 6.95. The zero-order valence-electron chi connectivity index (χ0n) is 10.8. The van der Waals surface area contributed by atoms with Gasteiger partial charge in [0, 0.05) is 12.6 Å². The highest BCUT2D eigenvalue weighted by Gasteiger charge is 2.33. The summed E-state index contributed by atoms with van der Waals surface area (Å²) in [5.41, 5.74) is 6.66. The summed E-state index contributed by atoms with van der Waals surface area (Å²) in [4.78, 5) is 0.306. The number of nitrogens with one attached hydrogen (secondary N) is 1. The van der Waals surface area contributed by atoms with Gasteiger partial charge in [0.15, 0.2) is 0 Å². The lowest BCUT2D eigenvalue weighted by atomic mass is 10.1. The highest BCUT2D eigenvalue weighted by atomic mass is 32.2. The number of hydrogen-bond donors (Lipinski definition) is 2. The van der Waals surface area contributed by atoms with Gasteiger partial charge in [-0.25, -0.2) is 13.1 Å². The summed E-state index contributed by atoms with van der Waals surface area (Å²) in [6.45, 7) is 4.55. The van der Waals surface area contributed by atoms with Crippen molar-refractivity contribution in [2.24, 2.45) is 17.6 Å². The number of nitrogens with two attached hydrogens (primary N) is 1. The van der Waals surface area contributed by atoms with Crippen LogP contribution in [0.5, 0.6) is 0 Å². The van der Waals surface area contributed by atoms with Crippen molar-refractivity contribution >= 4 is 10.0 Å². The number of sulfonamides is 1. The second kappa shape index (κ2) is 4.99. The molecule has 18 heavy (non-hydrogen) atoms. The minimum Gasteiger partial charge on any atom is -0.324 e. The molecule has 3 atom stereocenters. The largest absolute Gasteiger partial charge is 0.324 e. The van der Waals surface area contributed by atoms with Crippen molar-refractivity contribution in [3.63, 3.8) is 0 Å². The van der Waals surface area contributed by atoms with E-state index in [1.54, 1.807) is 24.3 Å². The molecule has 2 rings (SSSR count). The van der Waals surface area contributed by atoms with E-state index in [0.717, 1.165) is 12.0 Å². The third-order valence-electron chi connectivity index (χ3n) is 3.53. The molecule has 0 radical (unpaired) electrons. The van der Waals surface area contributed by atoms with E-state index < -0.39 is 10.0 Å². The van der Waals surface area contributed by atoms with Crippen LogP contribution in [0.3, 0.4) is 0 Å². The van der Waals surface area contributed by atoms with Crippen molar-refractivity contribution in [3.05, 3.63) is 29.8 Å². The summed E-state index contributed by atoms with van der Waals surface area (Å²) in [7, 11) is -3.37. The van der Waals surface area contributed by atoms with Gasteiger partial charge in [0.05, 0.1) is 4.90 Å². The third-order valence-corrected chi connectivity index (χ3v) is 4.97. The quantitative estimate of drug-likeness (QED) is 0.852. The van der Waals surface area contributed by atoms with Gasteiger partial charge in [-0.15, -0.1) is 0 Å². The lowest BCUT2D eigenvalue weighted by Crippen LogP contribution is -2.26. The number of hydrogen-bond acceptors (Lipinski definition) is 3. The number of benzene rings is 1. The molecule has 4 nitrogen and oxygen atoms in total. The van der Waals surface area contributed by atoms with Crippen molar-refractivity contribution in [3.8, 4) is 0 Å². The van der Waals surface area contributed by atoms with E-state index in [4.69, 9.17) is 5.73 Å². The summed E-state index contributed by atoms with van der Waals surface area (Å²) in [6.07, 6.45) is 1.12. The lowest BCUT2D eigenvalue weighted by molar-refractivity contribution is 0.574. The smallest absolute Gasteiger partial charge is 0.240 e. The lowest BCUT2D eigenvalue weighted by Gasteiger charge is -2.09. The van der Waals surface area contributed by atoms with Crippen LogP contribution in [0.2, 0.25) is 0 Å². The van der Waals surface area contributed by atoms with Crippen molar-refractivity contribution in [1.29, 1.82) is 0 Å². The van der Waals surface area contributed by atoms with E-state index in [-0.39, 0.29) is 6.04 Å². The highest BCUT2D eigenvalue weighted by Crippen LogP contribution is 2.37. The summed E-state index contributed by atoms with van der Waals surface area (Å²) in [6, 6.07) is 6.66. The molecular formula is C13H20N2O2S. The van der Waals surface area contributed by atoms with Gasteiger partial charge in [-0.1, -0.05) is 19.1 Å². The minimum absolute atomic E-state index is 0.0815. The monoisotopic (exact) mass is 268 g/mol. The Kier molecular flexibility index (Phi) is 3.75. The van der Waals surface area contributed by atoms with Gasteiger partial charge in [-0.3, -0.25) is 0 Å². The Bertz CT molecular complexity index is 508. The van der Waals surface area contributed by atoms with Gasteiger partial charge in [0.25, 0.3) is 0 Å². The van der Waals surface area contributed by atoms with Crippen molar-refractivity contribution in [2.75, 3.05) is 6.54 Å².